The minimum Gasteiger partial charge on any atom is -0.481 e. The number of nitrogens with two attached hydrogens (primary N) is 1. The third-order valence-corrected chi connectivity index (χ3v) is 14.7. The molecule has 0 heterocycles. The molecule has 30 nitrogen and oxygen atoms in total. The fourth-order valence-electron chi connectivity index (χ4n) is 9.28. The molecule has 0 aromatic rings. The van der Waals surface area contributed by atoms with Gasteiger partial charge in [-0.05, 0) is 25.7 Å². The highest BCUT2D eigenvalue weighted by atomic mass is 16.6. The zero-order valence-electron chi connectivity index (χ0n) is 62.7. The minimum absolute atomic E-state index is 0.00198. The lowest BCUT2D eigenvalue weighted by atomic mass is 9.93. The van der Waals surface area contributed by atoms with Gasteiger partial charge in [0.2, 0.25) is 5.91 Å². The summed E-state index contributed by atoms with van der Waals surface area (Å²) >= 11 is 0. The molecule has 0 atom stereocenters. The topological polar surface area (TPSA) is 342 Å². The van der Waals surface area contributed by atoms with Crippen molar-refractivity contribution in [3.05, 3.63) is 0 Å². The Hall–Kier alpha value is -2.55. The van der Waals surface area contributed by atoms with Gasteiger partial charge in [-0.15, -0.1) is 0 Å². The van der Waals surface area contributed by atoms with Crippen LogP contribution >= 0.6 is 0 Å². The van der Waals surface area contributed by atoms with E-state index in [1.165, 1.54) is 0 Å². The predicted octanol–water partition coefficient (Wildman–Crippen LogP) is 6.03. The van der Waals surface area contributed by atoms with Crippen molar-refractivity contribution in [3.8, 4) is 0 Å². The molecule has 608 valence electrons. The summed E-state index contributed by atoms with van der Waals surface area (Å²) in [6.45, 7) is 23.1. The zero-order chi connectivity index (χ0) is 73.4. The molecule has 5 N–H and O–H groups in total. The van der Waals surface area contributed by atoms with E-state index in [4.69, 9.17) is 125 Å². The van der Waals surface area contributed by atoms with Crippen LogP contribution in [-0.4, -0.2) is 345 Å². The van der Waals surface area contributed by atoms with Crippen LogP contribution in [0.4, 0.5) is 0 Å². The molecule has 0 rings (SSSR count). The van der Waals surface area contributed by atoms with Gasteiger partial charge in [-0.1, -0.05) is 89.9 Å². The Labute approximate surface area is 611 Å². The van der Waals surface area contributed by atoms with E-state index in [-0.39, 0.29) is 24.7 Å². The predicted molar refractivity (Wildman–Crippen MR) is 382 cm³/mol. The number of carboxylic acids is 2. The maximum absolute atomic E-state index is 13.2. The van der Waals surface area contributed by atoms with Crippen molar-refractivity contribution in [1.29, 1.82) is 0 Å². The van der Waals surface area contributed by atoms with E-state index in [2.05, 4.69) is 5.32 Å². The molecular formula is C72H142N2O28. The van der Waals surface area contributed by atoms with Crippen molar-refractivity contribution in [1.82, 2.24) is 5.32 Å². The van der Waals surface area contributed by atoms with E-state index >= 15 is 0 Å². The first-order valence-electron chi connectivity index (χ1n) is 38.2. The van der Waals surface area contributed by atoms with E-state index in [1.807, 2.05) is 0 Å². The average Bonchev–Trinajstić information content (AvgIpc) is 1.13. The number of nitrogens with one attached hydrogen (secondary N) is 1. The molecule has 0 aromatic carbocycles. The van der Waals surface area contributed by atoms with E-state index in [9.17, 15) is 14.4 Å². The first kappa shape index (κ1) is 99.5. The number of hydrogen-bond acceptors (Lipinski definition) is 27. The molecule has 0 aliphatic rings. The van der Waals surface area contributed by atoms with Gasteiger partial charge in [-0.25, -0.2) is 0 Å². The molecule has 0 saturated carbocycles. The van der Waals surface area contributed by atoms with Crippen molar-refractivity contribution >= 4 is 17.8 Å². The maximum Gasteiger partial charge on any atom is 0.303 e. The molecule has 0 spiro atoms. The fraction of sp³-hybridized carbons (Fsp3) is 0.958. The van der Waals surface area contributed by atoms with Crippen molar-refractivity contribution in [2.75, 3.05) is 317 Å². The van der Waals surface area contributed by atoms with Gasteiger partial charge < -0.3 is 130 Å². The highest BCUT2D eigenvalue weighted by Gasteiger charge is 2.18. The van der Waals surface area contributed by atoms with Crippen molar-refractivity contribution in [2.45, 2.75) is 128 Å². The summed E-state index contributed by atoms with van der Waals surface area (Å²) in [6, 6.07) is 0. The SMILES string of the molecule is NCCOCCOCCOCCOCCOCCOCCOCCOCCOCCOCCOCCOCCOCCOCCOCCOCCOCCOCCOCCOCCOCCOCCOCCNC(=O)C(CCCCCCCCCCC(=O)O)CCCCCCCCCCC(=O)O. The third kappa shape index (κ3) is 89.8. The molecule has 1 amide bonds. The van der Waals surface area contributed by atoms with Crippen LogP contribution in [0.15, 0.2) is 0 Å². The Kier molecular flexibility index (Phi) is 88.6. The molecule has 102 heavy (non-hydrogen) atoms. The highest BCUT2D eigenvalue weighted by Crippen LogP contribution is 2.20. The van der Waals surface area contributed by atoms with Gasteiger partial charge in [0.1, 0.15) is 0 Å². The van der Waals surface area contributed by atoms with Crippen LogP contribution in [0.3, 0.4) is 0 Å². The monoisotopic (exact) mass is 1480 g/mol. The Bertz CT molecular complexity index is 1600. The molecule has 0 aliphatic heterocycles. The number of rotatable bonds is 94. The average molecular weight is 1480 g/mol. The van der Waals surface area contributed by atoms with E-state index in [0.29, 0.717) is 317 Å². The number of unbranched alkanes of at least 4 members (excludes halogenated alkanes) is 14. The lowest BCUT2D eigenvalue weighted by molar-refractivity contribution is -0.138. The second-order valence-corrected chi connectivity index (χ2v) is 23.4. The molecule has 0 aliphatic carbocycles. The molecule has 0 fully saturated rings. The second kappa shape index (κ2) is 90.8. The largest absolute Gasteiger partial charge is 0.481 e. The lowest BCUT2D eigenvalue weighted by Crippen LogP contribution is -2.33. The van der Waals surface area contributed by atoms with Gasteiger partial charge in [0.25, 0.3) is 0 Å². The van der Waals surface area contributed by atoms with Crippen LogP contribution in [-0.2, 0) is 123 Å². The number of amides is 1. The highest BCUT2D eigenvalue weighted by molar-refractivity contribution is 5.78. The molecule has 0 aromatic heterocycles. The normalized spacial score (nSPS) is 11.7. The quantitative estimate of drug-likeness (QED) is 0.0505. The lowest BCUT2D eigenvalue weighted by Gasteiger charge is -2.17. The van der Waals surface area contributed by atoms with Crippen LogP contribution in [0.5, 0.6) is 0 Å². The summed E-state index contributed by atoms with van der Waals surface area (Å²) in [5.41, 5.74) is 5.35. The summed E-state index contributed by atoms with van der Waals surface area (Å²) in [4.78, 5) is 34.6. The summed E-state index contributed by atoms with van der Waals surface area (Å²) in [5.74, 6) is -1.34. The van der Waals surface area contributed by atoms with Gasteiger partial charge in [0, 0.05) is 31.8 Å². The Morgan fingerprint density at radius 3 is 0.529 bits per heavy atom. The first-order chi connectivity index (χ1) is 50.5. The molecule has 30 heteroatoms. The van der Waals surface area contributed by atoms with Crippen LogP contribution in [0.2, 0.25) is 0 Å². The number of aliphatic carboxylic acids is 2. The number of carbonyl (C=O) groups is 3. The molecule has 0 unspecified atom stereocenters. The molecule has 0 saturated heterocycles. The summed E-state index contributed by atoms with van der Waals surface area (Å²) in [5, 5.41) is 20.7. The third-order valence-electron chi connectivity index (χ3n) is 14.7. The summed E-state index contributed by atoms with van der Waals surface area (Å²) in [7, 11) is 0. The minimum atomic E-state index is -0.723. The zero-order valence-corrected chi connectivity index (χ0v) is 62.7. The molecule has 0 radical (unpaired) electrons. The van der Waals surface area contributed by atoms with E-state index in [0.717, 1.165) is 116 Å². The Balaban J connectivity index is 3.36. The molecular weight excluding hydrogens is 1340 g/mol. The van der Waals surface area contributed by atoms with Gasteiger partial charge in [0.15, 0.2) is 0 Å². The van der Waals surface area contributed by atoms with Crippen LogP contribution in [0.25, 0.3) is 0 Å². The molecule has 0 bridgehead atoms. The van der Waals surface area contributed by atoms with Gasteiger partial charge in [-0.3, -0.25) is 14.4 Å². The van der Waals surface area contributed by atoms with Crippen LogP contribution < -0.4 is 11.1 Å². The Morgan fingerprint density at radius 1 is 0.216 bits per heavy atom. The number of carboxylic acid groups (broad SMARTS) is 2. The van der Waals surface area contributed by atoms with Crippen molar-refractivity contribution in [2.24, 2.45) is 11.7 Å². The smallest absolute Gasteiger partial charge is 0.303 e. The maximum atomic E-state index is 13.2. The van der Waals surface area contributed by atoms with Gasteiger partial charge >= 0.3 is 11.9 Å². The number of hydrogen-bond donors (Lipinski definition) is 4. The van der Waals surface area contributed by atoms with E-state index in [1.54, 1.807) is 0 Å². The van der Waals surface area contributed by atoms with Crippen LogP contribution in [0, 0.1) is 5.92 Å². The first-order valence-corrected chi connectivity index (χ1v) is 38.2. The van der Waals surface area contributed by atoms with Crippen molar-refractivity contribution < 1.29 is 134 Å². The summed E-state index contributed by atoms with van der Waals surface area (Å²) in [6.07, 6.45) is 18.9. The van der Waals surface area contributed by atoms with Gasteiger partial charge in [-0.2, -0.15) is 0 Å². The fourth-order valence-corrected chi connectivity index (χ4v) is 9.28. The second-order valence-electron chi connectivity index (χ2n) is 23.4. The summed E-state index contributed by atoms with van der Waals surface area (Å²) < 4.78 is 127. The van der Waals surface area contributed by atoms with Gasteiger partial charge in [0.05, 0.1) is 304 Å². The van der Waals surface area contributed by atoms with E-state index < -0.39 is 11.9 Å². The number of ether oxygens (including phenoxy) is 23. The standard InChI is InChI=1S/C72H142N2O28/c73-21-23-80-25-27-82-29-31-84-33-35-86-37-39-88-41-43-90-45-47-92-49-51-94-53-55-96-57-59-98-61-63-100-65-67-102-68-66-101-64-62-99-60-58-97-56-54-95-52-50-93-48-46-91-44-42-89-40-38-87-36-34-85-32-30-83-28-26-81-24-22-74-72(79)69(17-13-9-5-1-3-7-11-15-19-70(75)76)18-14-10-6-2-4-8-12-16-20-71(77)78/h69H,1-68,73H2,(H,74,79)(H,75,76)(H,77,78). The van der Waals surface area contributed by atoms with Crippen LogP contribution in [0.1, 0.15) is 128 Å². The van der Waals surface area contributed by atoms with Crippen molar-refractivity contribution in [3.63, 3.8) is 0 Å². The number of carbonyl (C=O) groups excluding carboxylic acids is 1. The Morgan fingerprint density at radius 2 is 0.363 bits per heavy atom.